The predicted octanol–water partition coefficient (Wildman–Crippen LogP) is 3.29. The first kappa shape index (κ1) is 11.0. The van der Waals surface area contributed by atoms with Crippen LogP contribution in [0.25, 0.3) is 0 Å². The van der Waals surface area contributed by atoms with Gasteiger partial charge in [0.05, 0.1) is 5.41 Å². The third-order valence-corrected chi connectivity index (χ3v) is 2.81. The van der Waals surface area contributed by atoms with Crippen molar-refractivity contribution in [2.24, 2.45) is 0 Å². The van der Waals surface area contributed by atoms with Crippen LogP contribution in [-0.2, 0) is 10.2 Å². The fourth-order valence-corrected chi connectivity index (χ4v) is 1.59. The highest BCUT2D eigenvalue weighted by molar-refractivity contribution is 6.65. The van der Waals surface area contributed by atoms with Gasteiger partial charge in [-0.3, -0.25) is 4.79 Å². The number of benzene rings is 1. The molecule has 0 aliphatic heterocycles. The second-order valence-electron chi connectivity index (χ2n) is 3.46. The van der Waals surface area contributed by atoms with Gasteiger partial charge in [-0.25, -0.2) is 0 Å². The SMILES string of the molecule is C=CCC(C)(C(=O)Cl)c1ccccc1. The maximum Gasteiger partial charge on any atom is 0.232 e. The standard InChI is InChI=1S/C12H13ClO/c1-3-9-12(2,11(13)14)10-7-5-4-6-8-10/h3-8H,1,9H2,2H3. The highest BCUT2D eigenvalue weighted by Crippen LogP contribution is 2.30. The number of carbonyl (C=O) groups excluding carboxylic acids is 1. The zero-order chi connectivity index (χ0) is 10.6. The minimum absolute atomic E-state index is 0.344. The van der Waals surface area contributed by atoms with E-state index in [9.17, 15) is 4.79 Å². The quantitative estimate of drug-likeness (QED) is 0.548. The molecule has 74 valence electrons. The molecule has 0 amide bonds. The molecular weight excluding hydrogens is 196 g/mol. The Labute approximate surface area is 89.4 Å². The fraction of sp³-hybridized carbons (Fsp3) is 0.250. The van der Waals surface area contributed by atoms with E-state index in [1.54, 1.807) is 6.08 Å². The zero-order valence-corrected chi connectivity index (χ0v) is 8.92. The van der Waals surface area contributed by atoms with Crippen molar-refractivity contribution in [3.05, 3.63) is 48.6 Å². The van der Waals surface area contributed by atoms with Gasteiger partial charge in [-0.2, -0.15) is 0 Å². The third kappa shape index (κ3) is 2.05. The van der Waals surface area contributed by atoms with Crippen molar-refractivity contribution in [1.29, 1.82) is 0 Å². The number of allylic oxidation sites excluding steroid dienone is 1. The van der Waals surface area contributed by atoms with Gasteiger partial charge in [-0.1, -0.05) is 36.4 Å². The van der Waals surface area contributed by atoms with Gasteiger partial charge in [0.1, 0.15) is 0 Å². The van der Waals surface area contributed by atoms with Crippen molar-refractivity contribution < 1.29 is 4.79 Å². The van der Waals surface area contributed by atoms with Crippen LogP contribution in [-0.4, -0.2) is 5.24 Å². The topological polar surface area (TPSA) is 17.1 Å². The summed E-state index contributed by atoms with van der Waals surface area (Å²) < 4.78 is 0. The molecule has 2 heteroatoms. The van der Waals surface area contributed by atoms with Crippen molar-refractivity contribution in [2.45, 2.75) is 18.8 Å². The molecule has 0 bridgehead atoms. The average molecular weight is 209 g/mol. The molecule has 14 heavy (non-hydrogen) atoms. The predicted molar refractivity (Wildman–Crippen MR) is 59.5 cm³/mol. The molecule has 0 aromatic heterocycles. The maximum atomic E-state index is 11.4. The van der Waals surface area contributed by atoms with Crippen LogP contribution in [0.1, 0.15) is 18.9 Å². The Morgan fingerprint density at radius 2 is 2.07 bits per heavy atom. The molecule has 0 saturated heterocycles. The highest BCUT2D eigenvalue weighted by Gasteiger charge is 2.32. The molecule has 0 aliphatic rings. The lowest BCUT2D eigenvalue weighted by atomic mass is 9.81. The van der Waals surface area contributed by atoms with E-state index >= 15 is 0 Å². The van der Waals surface area contributed by atoms with Crippen LogP contribution in [0.15, 0.2) is 43.0 Å². The van der Waals surface area contributed by atoms with Crippen LogP contribution < -0.4 is 0 Å². The largest absolute Gasteiger partial charge is 0.280 e. The molecule has 1 unspecified atom stereocenters. The molecule has 0 saturated carbocycles. The third-order valence-electron chi connectivity index (χ3n) is 2.40. The molecule has 1 rings (SSSR count). The van der Waals surface area contributed by atoms with Crippen molar-refractivity contribution in [1.82, 2.24) is 0 Å². The molecule has 0 radical (unpaired) electrons. The minimum atomic E-state index is -0.648. The van der Waals surface area contributed by atoms with Gasteiger partial charge in [-0.05, 0) is 30.5 Å². The number of hydrogen-bond donors (Lipinski definition) is 0. The number of carbonyl (C=O) groups is 1. The van der Waals surface area contributed by atoms with Gasteiger partial charge in [0.15, 0.2) is 0 Å². The van der Waals surface area contributed by atoms with Crippen molar-refractivity contribution in [2.75, 3.05) is 0 Å². The molecular formula is C12H13ClO. The summed E-state index contributed by atoms with van der Waals surface area (Å²) in [7, 11) is 0. The first-order valence-corrected chi connectivity index (χ1v) is 4.85. The average Bonchev–Trinajstić information content (AvgIpc) is 2.19. The van der Waals surface area contributed by atoms with Crippen LogP contribution in [0.3, 0.4) is 0 Å². The minimum Gasteiger partial charge on any atom is -0.280 e. The molecule has 0 fully saturated rings. The second-order valence-corrected chi connectivity index (χ2v) is 3.81. The van der Waals surface area contributed by atoms with Crippen LogP contribution in [0, 0.1) is 0 Å². The molecule has 0 heterocycles. The molecule has 1 nitrogen and oxygen atoms in total. The summed E-state index contributed by atoms with van der Waals surface area (Å²) in [6.45, 7) is 5.48. The lowest BCUT2D eigenvalue weighted by Crippen LogP contribution is -2.28. The Kier molecular flexibility index (Phi) is 3.48. The monoisotopic (exact) mass is 208 g/mol. The van der Waals surface area contributed by atoms with E-state index in [0.29, 0.717) is 6.42 Å². The van der Waals surface area contributed by atoms with Crippen LogP contribution >= 0.6 is 11.6 Å². The van der Waals surface area contributed by atoms with Gasteiger partial charge in [0.25, 0.3) is 0 Å². The van der Waals surface area contributed by atoms with Crippen molar-refractivity contribution in [3.8, 4) is 0 Å². The Bertz CT molecular complexity index is 331. The maximum absolute atomic E-state index is 11.4. The summed E-state index contributed by atoms with van der Waals surface area (Å²) >= 11 is 5.61. The summed E-state index contributed by atoms with van der Waals surface area (Å²) in [5, 5.41) is -0.344. The first-order valence-electron chi connectivity index (χ1n) is 4.47. The number of hydrogen-bond acceptors (Lipinski definition) is 1. The molecule has 0 aliphatic carbocycles. The summed E-state index contributed by atoms with van der Waals surface area (Å²) in [5.74, 6) is 0. The normalized spacial score (nSPS) is 14.4. The Morgan fingerprint density at radius 1 is 1.50 bits per heavy atom. The number of rotatable bonds is 4. The van der Waals surface area contributed by atoms with E-state index in [1.807, 2.05) is 37.3 Å². The van der Waals surface area contributed by atoms with Crippen LogP contribution in [0.4, 0.5) is 0 Å². The van der Waals surface area contributed by atoms with Crippen LogP contribution in [0.5, 0.6) is 0 Å². The molecule has 1 atom stereocenters. The van der Waals surface area contributed by atoms with Gasteiger partial charge in [-0.15, -0.1) is 6.58 Å². The van der Waals surface area contributed by atoms with Crippen molar-refractivity contribution >= 4 is 16.8 Å². The van der Waals surface area contributed by atoms with E-state index in [0.717, 1.165) is 5.56 Å². The summed E-state index contributed by atoms with van der Waals surface area (Å²) in [6.07, 6.45) is 2.27. The van der Waals surface area contributed by atoms with E-state index in [2.05, 4.69) is 6.58 Å². The zero-order valence-electron chi connectivity index (χ0n) is 8.16. The van der Waals surface area contributed by atoms with E-state index < -0.39 is 5.41 Å². The Hall–Kier alpha value is -1.08. The van der Waals surface area contributed by atoms with Crippen LogP contribution in [0.2, 0.25) is 0 Å². The van der Waals surface area contributed by atoms with Gasteiger partial charge in [0, 0.05) is 0 Å². The van der Waals surface area contributed by atoms with E-state index in [-0.39, 0.29) is 5.24 Å². The van der Waals surface area contributed by atoms with E-state index in [4.69, 9.17) is 11.6 Å². The van der Waals surface area contributed by atoms with Crippen molar-refractivity contribution in [3.63, 3.8) is 0 Å². The highest BCUT2D eigenvalue weighted by atomic mass is 35.5. The lowest BCUT2D eigenvalue weighted by molar-refractivity contribution is -0.116. The first-order chi connectivity index (χ1) is 6.61. The summed E-state index contributed by atoms with van der Waals surface area (Å²) in [5.41, 5.74) is 0.282. The lowest BCUT2D eigenvalue weighted by Gasteiger charge is -2.24. The second kappa shape index (κ2) is 4.43. The smallest absolute Gasteiger partial charge is 0.232 e. The Balaban J connectivity index is 3.12. The molecule has 1 aromatic carbocycles. The van der Waals surface area contributed by atoms with Gasteiger partial charge < -0.3 is 0 Å². The van der Waals surface area contributed by atoms with E-state index in [1.165, 1.54) is 0 Å². The Morgan fingerprint density at radius 3 is 2.50 bits per heavy atom. The molecule has 0 spiro atoms. The fourth-order valence-electron chi connectivity index (χ4n) is 1.41. The van der Waals surface area contributed by atoms with Gasteiger partial charge in [0.2, 0.25) is 5.24 Å². The molecule has 1 aromatic rings. The van der Waals surface area contributed by atoms with Gasteiger partial charge >= 0.3 is 0 Å². The number of halogens is 1. The molecule has 0 N–H and O–H groups in total. The summed E-state index contributed by atoms with van der Waals surface area (Å²) in [4.78, 5) is 11.4. The summed E-state index contributed by atoms with van der Waals surface area (Å²) in [6, 6.07) is 9.52.